The lowest BCUT2D eigenvalue weighted by molar-refractivity contribution is -0.111. The van der Waals surface area contributed by atoms with Gasteiger partial charge in [0.05, 0.1) is 11.7 Å². The molecule has 0 N–H and O–H groups in total. The van der Waals surface area contributed by atoms with Crippen LogP contribution in [0.4, 0.5) is 0 Å². The highest BCUT2D eigenvalue weighted by Crippen LogP contribution is 2.41. The van der Waals surface area contributed by atoms with Gasteiger partial charge in [-0.15, -0.1) is 0 Å². The molecule has 3 rings (SSSR count). The molecule has 3 nitrogen and oxygen atoms in total. The molecule has 0 radical (unpaired) electrons. The largest absolute Gasteiger partial charge is 0.375 e. The molecule has 1 atom stereocenters. The van der Waals surface area contributed by atoms with Gasteiger partial charge in [-0.1, -0.05) is 0 Å². The van der Waals surface area contributed by atoms with Crippen molar-refractivity contribution in [3.63, 3.8) is 0 Å². The number of thioether (sulfide) groups is 1. The van der Waals surface area contributed by atoms with Gasteiger partial charge >= 0.3 is 0 Å². The second-order valence-electron chi connectivity index (χ2n) is 6.17. The summed E-state index contributed by atoms with van der Waals surface area (Å²) in [6, 6.07) is 3.75. The summed E-state index contributed by atoms with van der Waals surface area (Å²) in [7, 11) is 0. The molecule has 1 aliphatic carbocycles. The van der Waals surface area contributed by atoms with Crippen LogP contribution >= 0.6 is 11.8 Å². The van der Waals surface area contributed by atoms with Gasteiger partial charge in [-0.25, -0.2) is 0 Å². The van der Waals surface area contributed by atoms with E-state index >= 15 is 0 Å². The van der Waals surface area contributed by atoms with E-state index < -0.39 is 0 Å². The van der Waals surface area contributed by atoms with Gasteiger partial charge in [-0.05, 0) is 50.0 Å². The number of hydrogen-bond acceptors (Lipinski definition) is 4. The molecular weight excluding hydrogens is 256 g/mol. The number of nitriles is 1. The van der Waals surface area contributed by atoms with Gasteiger partial charge in [-0.3, -0.25) is 4.90 Å². The Bertz CT molecular complexity index is 339. The molecule has 1 spiro atoms. The van der Waals surface area contributed by atoms with Crippen molar-refractivity contribution in [1.82, 2.24) is 4.90 Å². The third kappa shape index (κ3) is 3.26. The quantitative estimate of drug-likeness (QED) is 0.793. The van der Waals surface area contributed by atoms with Crippen LogP contribution in [0.2, 0.25) is 0 Å². The lowest BCUT2D eigenvalue weighted by Gasteiger charge is -2.46. The maximum absolute atomic E-state index is 8.85. The topological polar surface area (TPSA) is 36.3 Å². The Balaban J connectivity index is 1.63. The van der Waals surface area contributed by atoms with Crippen LogP contribution in [0, 0.1) is 11.3 Å². The van der Waals surface area contributed by atoms with E-state index in [2.05, 4.69) is 22.7 Å². The van der Waals surface area contributed by atoms with Crippen LogP contribution in [-0.4, -0.2) is 47.2 Å². The average Bonchev–Trinajstić information content (AvgIpc) is 3.25. The molecule has 2 saturated heterocycles. The smallest absolute Gasteiger partial charge is 0.0713 e. The molecule has 2 heterocycles. The molecule has 1 unspecified atom stereocenters. The van der Waals surface area contributed by atoms with Crippen LogP contribution in [0.5, 0.6) is 0 Å². The summed E-state index contributed by atoms with van der Waals surface area (Å²) < 4.78 is 6.19. The fraction of sp³-hybridized carbons (Fsp3) is 0.933. The van der Waals surface area contributed by atoms with Crippen molar-refractivity contribution in [1.29, 1.82) is 5.26 Å². The Labute approximate surface area is 120 Å². The third-order valence-corrected chi connectivity index (χ3v) is 5.82. The minimum absolute atomic E-state index is 0.175. The van der Waals surface area contributed by atoms with Crippen LogP contribution in [0.15, 0.2) is 0 Å². The highest BCUT2D eigenvalue weighted by Gasteiger charge is 2.43. The molecule has 3 fully saturated rings. The molecule has 0 aromatic heterocycles. The second-order valence-corrected chi connectivity index (χ2v) is 7.39. The SMILES string of the molecule is N#CCCN(C1CC1)C1CCOC2(CCSCC2)C1. The number of ether oxygens (including phenoxy) is 1. The van der Waals surface area contributed by atoms with E-state index in [1.807, 2.05) is 0 Å². The predicted octanol–water partition coefficient (Wildman–Crippen LogP) is 2.81. The van der Waals surface area contributed by atoms with Crippen LogP contribution in [0.3, 0.4) is 0 Å². The highest BCUT2D eigenvalue weighted by molar-refractivity contribution is 7.99. The Kier molecular flexibility index (Phi) is 4.36. The average molecular weight is 280 g/mol. The van der Waals surface area contributed by atoms with Gasteiger partial charge < -0.3 is 4.74 Å². The van der Waals surface area contributed by atoms with E-state index in [-0.39, 0.29) is 5.60 Å². The zero-order valence-electron chi connectivity index (χ0n) is 11.6. The minimum Gasteiger partial charge on any atom is -0.375 e. The van der Waals surface area contributed by atoms with Crippen molar-refractivity contribution < 1.29 is 4.74 Å². The van der Waals surface area contributed by atoms with Crippen LogP contribution < -0.4 is 0 Å². The molecule has 0 aromatic rings. The van der Waals surface area contributed by atoms with Gasteiger partial charge in [0.15, 0.2) is 0 Å². The maximum Gasteiger partial charge on any atom is 0.0713 e. The third-order valence-electron chi connectivity index (χ3n) is 4.84. The van der Waals surface area contributed by atoms with Crippen molar-refractivity contribution >= 4 is 11.8 Å². The number of rotatable bonds is 4. The Hall–Kier alpha value is -0.240. The summed E-state index contributed by atoms with van der Waals surface area (Å²) in [5, 5.41) is 8.85. The molecular formula is C15H24N2OS. The van der Waals surface area contributed by atoms with Crippen molar-refractivity contribution in [3.8, 4) is 6.07 Å². The van der Waals surface area contributed by atoms with Crippen molar-refractivity contribution in [3.05, 3.63) is 0 Å². The van der Waals surface area contributed by atoms with Gasteiger partial charge in [0.1, 0.15) is 0 Å². The fourth-order valence-corrected chi connectivity index (χ4v) is 4.86. The van der Waals surface area contributed by atoms with Gasteiger partial charge in [0, 0.05) is 31.7 Å². The maximum atomic E-state index is 8.85. The number of hydrogen-bond donors (Lipinski definition) is 0. The lowest BCUT2D eigenvalue weighted by atomic mass is 9.84. The monoisotopic (exact) mass is 280 g/mol. The lowest BCUT2D eigenvalue weighted by Crippen LogP contribution is -2.51. The fourth-order valence-electron chi connectivity index (χ4n) is 3.63. The first-order valence-electron chi connectivity index (χ1n) is 7.67. The van der Waals surface area contributed by atoms with E-state index in [0.717, 1.165) is 25.6 Å². The van der Waals surface area contributed by atoms with Gasteiger partial charge in [0.2, 0.25) is 0 Å². The molecule has 0 amide bonds. The summed E-state index contributed by atoms with van der Waals surface area (Å²) in [5.74, 6) is 2.52. The summed E-state index contributed by atoms with van der Waals surface area (Å²) in [5.41, 5.74) is 0.175. The first-order chi connectivity index (χ1) is 9.33. The highest BCUT2D eigenvalue weighted by atomic mass is 32.2. The Morgan fingerprint density at radius 1 is 1.21 bits per heavy atom. The van der Waals surface area contributed by atoms with E-state index in [1.54, 1.807) is 0 Å². The van der Waals surface area contributed by atoms with E-state index in [0.29, 0.717) is 12.5 Å². The normalized spacial score (nSPS) is 30.4. The van der Waals surface area contributed by atoms with Crippen LogP contribution in [-0.2, 0) is 4.74 Å². The molecule has 19 heavy (non-hydrogen) atoms. The van der Waals surface area contributed by atoms with E-state index in [4.69, 9.17) is 10.00 Å². The molecule has 106 valence electrons. The zero-order valence-corrected chi connectivity index (χ0v) is 12.5. The van der Waals surface area contributed by atoms with Gasteiger partial charge in [-0.2, -0.15) is 17.0 Å². The van der Waals surface area contributed by atoms with Gasteiger partial charge in [0.25, 0.3) is 0 Å². The summed E-state index contributed by atoms with van der Waals surface area (Å²) >= 11 is 2.07. The molecule has 0 bridgehead atoms. The second kappa shape index (κ2) is 6.03. The summed E-state index contributed by atoms with van der Waals surface area (Å²) in [6.45, 7) is 1.89. The predicted molar refractivity (Wildman–Crippen MR) is 78.2 cm³/mol. The van der Waals surface area contributed by atoms with Crippen LogP contribution in [0.1, 0.15) is 44.9 Å². The molecule has 3 aliphatic rings. The first-order valence-corrected chi connectivity index (χ1v) is 8.83. The molecule has 0 aromatic carbocycles. The van der Waals surface area contributed by atoms with Crippen molar-refractivity contribution in [2.75, 3.05) is 24.7 Å². The molecule has 4 heteroatoms. The molecule has 1 saturated carbocycles. The Morgan fingerprint density at radius 2 is 2.00 bits per heavy atom. The first kappa shape index (κ1) is 13.7. The summed E-state index contributed by atoms with van der Waals surface area (Å²) in [6.07, 6.45) is 8.18. The standard InChI is InChI=1S/C15H24N2OS/c16-7-1-8-17(13-2-3-13)14-4-9-18-15(12-14)5-10-19-11-6-15/h13-14H,1-6,8-12H2. The van der Waals surface area contributed by atoms with E-state index in [1.165, 1.54) is 43.6 Å². The van der Waals surface area contributed by atoms with E-state index in [9.17, 15) is 0 Å². The van der Waals surface area contributed by atoms with Crippen molar-refractivity contribution in [2.24, 2.45) is 0 Å². The zero-order chi connectivity index (χ0) is 13.1. The molecule has 2 aliphatic heterocycles. The minimum atomic E-state index is 0.175. The summed E-state index contributed by atoms with van der Waals surface area (Å²) in [4.78, 5) is 2.63. The Morgan fingerprint density at radius 3 is 2.68 bits per heavy atom. The van der Waals surface area contributed by atoms with Crippen molar-refractivity contribution in [2.45, 2.75) is 62.6 Å². The number of nitrogens with zero attached hydrogens (tertiary/aromatic N) is 2. The van der Waals surface area contributed by atoms with Crippen LogP contribution in [0.25, 0.3) is 0 Å².